The normalized spacial score (nSPS) is 12.6. The molecule has 2 aromatic carbocycles. The smallest absolute Gasteiger partial charge is 0.265 e. The summed E-state index contributed by atoms with van der Waals surface area (Å²) in [5, 5.41) is 2.89. The first-order valence-electron chi connectivity index (χ1n) is 10.1. The van der Waals surface area contributed by atoms with Crippen molar-refractivity contribution in [1.82, 2.24) is 10.3 Å². The molecule has 7 heteroatoms. The molecular formula is C24H23N3O4. The standard InChI is InChI=1S/C24H23N3O4/c28-22(11-13-27-20-8-4-5-9-21(20)30-17-24(27)29)26-15-19-10-12-25-23(14-19)31-16-18-6-2-1-3-7-18/h1-10,12,14H,11,13,15-17H2,(H,26,28). The Balaban J connectivity index is 1.27. The van der Waals surface area contributed by atoms with Crippen molar-refractivity contribution in [3.05, 3.63) is 84.1 Å². The van der Waals surface area contributed by atoms with Gasteiger partial charge in [0.2, 0.25) is 11.8 Å². The Hall–Kier alpha value is -3.87. The molecule has 0 saturated carbocycles. The highest BCUT2D eigenvalue weighted by molar-refractivity contribution is 5.98. The van der Waals surface area contributed by atoms with E-state index >= 15 is 0 Å². The number of benzene rings is 2. The Morgan fingerprint density at radius 2 is 1.87 bits per heavy atom. The van der Waals surface area contributed by atoms with Crippen LogP contribution in [-0.2, 0) is 22.7 Å². The Morgan fingerprint density at radius 3 is 2.74 bits per heavy atom. The summed E-state index contributed by atoms with van der Waals surface area (Å²) in [5.74, 6) is 0.870. The van der Waals surface area contributed by atoms with Gasteiger partial charge in [-0.2, -0.15) is 0 Å². The first kappa shape index (κ1) is 20.4. The molecule has 4 rings (SSSR count). The van der Waals surface area contributed by atoms with Crippen LogP contribution in [0.3, 0.4) is 0 Å². The Morgan fingerprint density at radius 1 is 1.06 bits per heavy atom. The number of anilines is 1. The van der Waals surface area contributed by atoms with Crippen LogP contribution in [0.5, 0.6) is 11.6 Å². The van der Waals surface area contributed by atoms with Crippen LogP contribution in [0.2, 0.25) is 0 Å². The molecule has 1 aromatic heterocycles. The quantitative estimate of drug-likeness (QED) is 0.609. The van der Waals surface area contributed by atoms with Gasteiger partial charge in [-0.25, -0.2) is 4.98 Å². The molecule has 0 saturated heterocycles. The monoisotopic (exact) mass is 417 g/mol. The Kier molecular flexibility index (Phi) is 6.42. The topological polar surface area (TPSA) is 80.8 Å². The number of rotatable bonds is 8. The van der Waals surface area contributed by atoms with E-state index in [0.29, 0.717) is 37.0 Å². The zero-order valence-electron chi connectivity index (χ0n) is 17.0. The Labute approximate surface area is 180 Å². The molecule has 2 heterocycles. The number of pyridine rings is 1. The molecule has 0 unspecified atom stereocenters. The predicted molar refractivity (Wildman–Crippen MR) is 116 cm³/mol. The maximum Gasteiger partial charge on any atom is 0.265 e. The summed E-state index contributed by atoms with van der Waals surface area (Å²) in [6, 6.07) is 20.8. The third-order valence-electron chi connectivity index (χ3n) is 4.89. The van der Waals surface area contributed by atoms with Gasteiger partial charge in [0.05, 0.1) is 5.69 Å². The summed E-state index contributed by atoms with van der Waals surface area (Å²) < 4.78 is 11.2. The van der Waals surface area contributed by atoms with E-state index in [2.05, 4.69) is 10.3 Å². The molecule has 0 spiro atoms. The highest BCUT2D eigenvalue weighted by atomic mass is 16.5. The second-order valence-corrected chi connectivity index (χ2v) is 7.11. The molecule has 2 amide bonds. The van der Waals surface area contributed by atoms with Gasteiger partial charge in [-0.05, 0) is 29.3 Å². The highest BCUT2D eigenvalue weighted by Gasteiger charge is 2.25. The number of hydrogen-bond donors (Lipinski definition) is 1. The number of nitrogens with one attached hydrogen (secondary N) is 1. The number of para-hydroxylation sites is 2. The van der Waals surface area contributed by atoms with Gasteiger partial charge in [0.15, 0.2) is 6.61 Å². The van der Waals surface area contributed by atoms with E-state index in [9.17, 15) is 9.59 Å². The summed E-state index contributed by atoms with van der Waals surface area (Å²) in [6.45, 7) is 1.07. The van der Waals surface area contributed by atoms with Crippen LogP contribution in [0.4, 0.5) is 5.69 Å². The fraction of sp³-hybridized carbons (Fsp3) is 0.208. The van der Waals surface area contributed by atoms with Crippen molar-refractivity contribution >= 4 is 17.5 Å². The molecule has 0 bridgehead atoms. The summed E-state index contributed by atoms with van der Waals surface area (Å²) in [7, 11) is 0. The number of amides is 2. The number of ether oxygens (including phenoxy) is 2. The van der Waals surface area contributed by atoms with Crippen molar-refractivity contribution in [3.8, 4) is 11.6 Å². The minimum Gasteiger partial charge on any atom is -0.482 e. The lowest BCUT2D eigenvalue weighted by atomic mass is 10.2. The summed E-state index contributed by atoms with van der Waals surface area (Å²) >= 11 is 0. The van der Waals surface area contributed by atoms with Gasteiger partial charge < -0.3 is 19.7 Å². The third kappa shape index (κ3) is 5.39. The maximum absolute atomic E-state index is 12.3. The molecule has 1 aliphatic heterocycles. The average molecular weight is 417 g/mol. The van der Waals surface area contributed by atoms with Gasteiger partial charge in [-0.3, -0.25) is 9.59 Å². The minimum atomic E-state index is -0.152. The minimum absolute atomic E-state index is 0.0125. The molecule has 3 aromatic rings. The molecule has 0 radical (unpaired) electrons. The van der Waals surface area contributed by atoms with Gasteiger partial charge in [0, 0.05) is 31.8 Å². The van der Waals surface area contributed by atoms with Gasteiger partial charge in [0.1, 0.15) is 12.4 Å². The van der Waals surface area contributed by atoms with Crippen LogP contribution in [0, 0.1) is 0 Å². The molecule has 31 heavy (non-hydrogen) atoms. The molecule has 0 aliphatic carbocycles. The lowest BCUT2D eigenvalue weighted by molar-refractivity contribution is -0.122. The second kappa shape index (κ2) is 9.75. The number of nitrogens with zero attached hydrogens (tertiary/aromatic N) is 2. The molecule has 0 atom stereocenters. The van der Waals surface area contributed by atoms with E-state index in [0.717, 1.165) is 11.1 Å². The van der Waals surface area contributed by atoms with Gasteiger partial charge >= 0.3 is 0 Å². The number of fused-ring (bicyclic) bond motifs is 1. The van der Waals surface area contributed by atoms with Crippen molar-refractivity contribution in [2.75, 3.05) is 18.1 Å². The van der Waals surface area contributed by atoms with E-state index in [-0.39, 0.29) is 24.8 Å². The average Bonchev–Trinajstić information content (AvgIpc) is 2.82. The first-order chi connectivity index (χ1) is 15.2. The van der Waals surface area contributed by atoms with E-state index in [1.54, 1.807) is 11.1 Å². The zero-order valence-corrected chi connectivity index (χ0v) is 17.0. The van der Waals surface area contributed by atoms with E-state index in [1.807, 2.05) is 66.7 Å². The third-order valence-corrected chi connectivity index (χ3v) is 4.89. The SMILES string of the molecule is O=C(CCN1C(=O)COc2ccccc21)NCc1ccnc(OCc2ccccc2)c1. The lowest BCUT2D eigenvalue weighted by Gasteiger charge is -2.29. The molecule has 1 N–H and O–H groups in total. The van der Waals surface area contributed by atoms with Crippen molar-refractivity contribution in [2.24, 2.45) is 0 Å². The van der Waals surface area contributed by atoms with Crippen LogP contribution in [0.15, 0.2) is 72.9 Å². The van der Waals surface area contributed by atoms with Crippen LogP contribution in [0.1, 0.15) is 17.5 Å². The lowest BCUT2D eigenvalue weighted by Crippen LogP contribution is -2.41. The summed E-state index contributed by atoms with van der Waals surface area (Å²) in [6.07, 6.45) is 1.85. The van der Waals surface area contributed by atoms with E-state index in [4.69, 9.17) is 9.47 Å². The first-order valence-corrected chi connectivity index (χ1v) is 10.1. The molecule has 0 fully saturated rings. The predicted octanol–water partition coefficient (Wildman–Crippen LogP) is 3.09. The molecule has 158 valence electrons. The van der Waals surface area contributed by atoms with E-state index in [1.165, 1.54) is 0 Å². The summed E-state index contributed by atoms with van der Waals surface area (Å²) in [4.78, 5) is 30.4. The summed E-state index contributed by atoms with van der Waals surface area (Å²) in [5.41, 5.74) is 2.64. The Bertz CT molecular complexity index is 1060. The fourth-order valence-corrected chi connectivity index (χ4v) is 3.27. The number of aromatic nitrogens is 1. The number of carbonyl (C=O) groups excluding carboxylic acids is 2. The van der Waals surface area contributed by atoms with Gasteiger partial charge in [-0.15, -0.1) is 0 Å². The highest BCUT2D eigenvalue weighted by Crippen LogP contribution is 2.31. The van der Waals surface area contributed by atoms with E-state index < -0.39 is 0 Å². The fourth-order valence-electron chi connectivity index (χ4n) is 3.27. The van der Waals surface area contributed by atoms with Crippen molar-refractivity contribution in [3.63, 3.8) is 0 Å². The van der Waals surface area contributed by atoms with Crippen LogP contribution in [-0.4, -0.2) is 29.9 Å². The van der Waals surface area contributed by atoms with Crippen molar-refractivity contribution < 1.29 is 19.1 Å². The van der Waals surface area contributed by atoms with Gasteiger partial charge in [0.25, 0.3) is 5.91 Å². The molecule has 1 aliphatic rings. The molecular weight excluding hydrogens is 394 g/mol. The number of hydrogen-bond acceptors (Lipinski definition) is 5. The largest absolute Gasteiger partial charge is 0.482 e. The van der Waals surface area contributed by atoms with Crippen molar-refractivity contribution in [2.45, 2.75) is 19.6 Å². The zero-order chi connectivity index (χ0) is 21.5. The molecule has 7 nitrogen and oxygen atoms in total. The van der Waals surface area contributed by atoms with Crippen molar-refractivity contribution in [1.29, 1.82) is 0 Å². The second-order valence-electron chi connectivity index (χ2n) is 7.11. The van der Waals surface area contributed by atoms with Gasteiger partial charge in [-0.1, -0.05) is 42.5 Å². The number of carbonyl (C=O) groups is 2. The maximum atomic E-state index is 12.3. The van der Waals surface area contributed by atoms with Crippen LogP contribution in [0.25, 0.3) is 0 Å². The van der Waals surface area contributed by atoms with Crippen LogP contribution < -0.4 is 19.7 Å². The van der Waals surface area contributed by atoms with Crippen LogP contribution >= 0.6 is 0 Å².